The molecular formula is C18H14ClF3N4O. The lowest BCUT2D eigenvalue weighted by Crippen LogP contribution is -2.31. The fourth-order valence-corrected chi connectivity index (χ4v) is 2.93. The van der Waals surface area contributed by atoms with Crippen molar-refractivity contribution in [1.29, 1.82) is 5.41 Å². The van der Waals surface area contributed by atoms with Crippen LogP contribution in [0.5, 0.6) is 0 Å². The van der Waals surface area contributed by atoms with E-state index < -0.39 is 23.3 Å². The van der Waals surface area contributed by atoms with Gasteiger partial charge in [0.25, 0.3) is 5.56 Å². The molecule has 140 valence electrons. The van der Waals surface area contributed by atoms with Gasteiger partial charge in [0.15, 0.2) is 0 Å². The largest absolute Gasteiger partial charge is 0.416 e. The summed E-state index contributed by atoms with van der Waals surface area (Å²) < 4.78 is 39.2. The zero-order chi connectivity index (χ0) is 19.8. The van der Waals surface area contributed by atoms with Crippen LogP contribution in [0.4, 0.5) is 13.2 Å². The van der Waals surface area contributed by atoms with Gasteiger partial charge >= 0.3 is 6.18 Å². The van der Waals surface area contributed by atoms with Crippen molar-refractivity contribution in [2.75, 3.05) is 0 Å². The monoisotopic (exact) mass is 394 g/mol. The van der Waals surface area contributed by atoms with Crippen molar-refractivity contribution in [1.82, 2.24) is 9.78 Å². The Morgan fingerprint density at radius 2 is 1.85 bits per heavy atom. The van der Waals surface area contributed by atoms with E-state index in [4.69, 9.17) is 22.7 Å². The van der Waals surface area contributed by atoms with Crippen molar-refractivity contribution >= 4 is 17.6 Å². The fourth-order valence-electron chi connectivity index (χ4n) is 2.72. The van der Waals surface area contributed by atoms with Gasteiger partial charge in [-0.25, -0.2) is 0 Å². The highest BCUT2D eigenvalue weighted by atomic mass is 35.5. The normalized spacial score (nSPS) is 11.6. The Labute approximate surface area is 156 Å². The minimum absolute atomic E-state index is 0.173. The van der Waals surface area contributed by atoms with Crippen LogP contribution in [0.2, 0.25) is 5.02 Å². The van der Waals surface area contributed by atoms with Crippen LogP contribution < -0.4 is 11.3 Å². The molecule has 4 N–H and O–H groups in total. The van der Waals surface area contributed by atoms with E-state index in [9.17, 15) is 18.0 Å². The van der Waals surface area contributed by atoms with E-state index in [0.717, 1.165) is 22.4 Å². The van der Waals surface area contributed by atoms with Crippen molar-refractivity contribution < 1.29 is 13.2 Å². The number of halogens is 4. The topological polar surface area (TPSA) is 87.7 Å². The molecule has 9 heteroatoms. The molecular weight excluding hydrogens is 381 g/mol. The molecule has 0 radical (unpaired) electrons. The van der Waals surface area contributed by atoms with Crippen molar-refractivity contribution in [3.8, 4) is 11.3 Å². The summed E-state index contributed by atoms with van der Waals surface area (Å²) in [6.07, 6.45) is -4.28. The van der Waals surface area contributed by atoms with Crippen molar-refractivity contribution in [2.24, 2.45) is 5.73 Å². The van der Waals surface area contributed by atoms with Gasteiger partial charge in [0, 0.05) is 17.0 Å². The van der Waals surface area contributed by atoms with E-state index in [1.54, 1.807) is 24.3 Å². The lowest BCUT2D eigenvalue weighted by atomic mass is 10.0. The standard InChI is InChI=1S/C18H14ClF3N4O/c19-13-3-1-2-10(8-13)9-14-15(25-26(16(14)27)17(23)24)11-4-6-12(7-5-11)18(20,21)22/h1-8,25H,9H2,(H3,23,24). The summed E-state index contributed by atoms with van der Waals surface area (Å²) in [5, 5.41) is 10.7. The smallest absolute Gasteiger partial charge is 0.368 e. The number of benzene rings is 2. The highest BCUT2D eigenvalue weighted by Gasteiger charge is 2.30. The Morgan fingerprint density at radius 1 is 1.19 bits per heavy atom. The number of hydrogen-bond acceptors (Lipinski definition) is 2. The van der Waals surface area contributed by atoms with Gasteiger partial charge in [-0.15, -0.1) is 0 Å². The quantitative estimate of drug-likeness (QED) is 0.465. The number of aromatic nitrogens is 2. The van der Waals surface area contributed by atoms with Crippen LogP contribution in [0, 0.1) is 5.41 Å². The second kappa shape index (κ2) is 6.96. The number of nitrogen functional groups attached to an aromatic ring is 1. The molecule has 0 spiro atoms. The SMILES string of the molecule is N=C(N)n1[nH]c(-c2ccc(C(F)(F)F)cc2)c(Cc2cccc(Cl)c2)c1=O. The number of aromatic amines is 1. The Balaban J connectivity index is 2.10. The third kappa shape index (κ3) is 3.90. The number of nitrogens with two attached hydrogens (primary N) is 1. The van der Waals surface area contributed by atoms with Gasteiger partial charge < -0.3 is 5.73 Å². The third-order valence-corrected chi connectivity index (χ3v) is 4.23. The zero-order valence-electron chi connectivity index (χ0n) is 13.8. The van der Waals surface area contributed by atoms with Gasteiger partial charge in [0.05, 0.1) is 11.3 Å². The first kappa shape index (κ1) is 18.8. The van der Waals surface area contributed by atoms with E-state index in [1.165, 1.54) is 12.1 Å². The summed E-state index contributed by atoms with van der Waals surface area (Å²) in [6, 6.07) is 11.3. The second-order valence-electron chi connectivity index (χ2n) is 5.87. The van der Waals surface area contributed by atoms with Crippen LogP contribution in [0.25, 0.3) is 11.3 Å². The van der Waals surface area contributed by atoms with Gasteiger partial charge in [-0.1, -0.05) is 35.9 Å². The molecule has 0 amide bonds. The number of rotatable bonds is 3. The molecule has 27 heavy (non-hydrogen) atoms. The van der Waals surface area contributed by atoms with E-state index >= 15 is 0 Å². The number of H-pyrrole nitrogens is 1. The van der Waals surface area contributed by atoms with Gasteiger partial charge in [-0.05, 0) is 35.4 Å². The van der Waals surface area contributed by atoms with E-state index in [-0.39, 0.29) is 12.0 Å². The molecule has 0 aliphatic heterocycles. The van der Waals surface area contributed by atoms with Crippen LogP contribution >= 0.6 is 11.6 Å². The van der Waals surface area contributed by atoms with Crippen LogP contribution in [0.3, 0.4) is 0 Å². The Bertz CT molecular complexity index is 1050. The summed E-state index contributed by atoms with van der Waals surface area (Å²) in [4.78, 5) is 12.6. The molecule has 1 aromatic heterocycles. The van der Waals surface area contributed by atoms with E-state index in [2.05, 4.69) is 5.10 Å². The number of nitrogens with zero attached hydrogens (tertiary/aromatic N) is 1. The molecule has 0 unspecified atom stereocenters. The Kier molecular flexibility index (Phi) is 4.84. The Hall–Kier alpha value is -3.00. The van der Waals surface area contributed by atoms with E-state index in [1.807, 2.05) is 0 Å². The molecule has 0 bridgehead atoms. The number of alkyl halides is 3. The lowest BCUT2D eigenvalue weighted by Gasteiger charge is -2.08. The highest BCUT2D eigenvalue weighted by Crippen LogP contribution is 2.31. The molecule has 5 nitrogen and oxygen atoms in total. The van der Waals surface area contributed by atoms with Crippen LogP contribution in [-0.4, -0.2) is 15.7 Å². The molecule has 0 fully saturated rings. The molecule has 3 aromatic rings. The van der Waals surface area contributed by atoms with Crippen molar-refractivity contribution in [3.63, 3.8) is 0 Å². The molecule has 0 aliphatic rings. The molecule has 0 aliphatic carbocycles. The predicted molar refractivity (Wildman–Crippen MR) is 97.1 cm³/mol. The third-order valence-electron chi connectivity index (χ3n) is 4.00. The summed E-state index contributed by atoms with van der Waals surface area (Å²) >= 11 is 5.97. The minimum atomic E-state index is -4.46. The van der Waals surface area contributed by atoms with Crippen molar-refractivity contribution in [3.05, 3.63) is 80.6 Å². The summed E-state index contributed by atoms with van der Waals surface area (Å²) in [6.45, 7) is 0. The van der Waals surface area contributed by atoms with Gasteiger partial charge in [0.1, 0.15) is 0 Å². The van der Waals surface area contributed by atoms with Gasteiger partial charge in [0.2, 0.25) is 5.96 Å². The first-order valence-corrected chi connectivity index (χ1v) is 8.15. The van der Waals surface area contributed by atoms with Gasteiger partial charge in [-0.2, -0.15) is 17.9 Å². The average molecular weight is 395 g/mol. The summed E-state index contributed by atoms with van der Waals surface area (Å²) in [5.74, 6) is -0.523. The van der Waals surface area contributed by atoms with Crippen LogP contribution in [-0.2, 0) is 12.6 Å². The average Bonchev–Trinajstić information content (AvgIpc) is 2.91. The summed E-state index contributed by atoms with van der Waals surface area (Å²) in [7, 11) is 0. The van der Waals surface area contributed by atoms with Crippen molar-refractivity contribution in [2.45, 2.75) is 12.6 Å². The molecule has 2 aromatic carbocycles. The second-order valence-corrected chi connectivity index (χ2v) is 6.31. The molecule has 1 heterocycles. The minimum Gasteiger partial charge on any atom is -0.368 e. The summed E-state index contributed by atoms with van der Waals surface area (Å²) in [5.41, 5.74) is 5.76. The molecule has 0 saturated heterocycles. The first-order valence-electron chi connectivity index (χ1n) is 7.77. The molecule has 3 rings (SSSR count). The van der Waals surface area contributed by atoms with Crippen LogP contribution in [0.1, 0.15) is 16.7 Å². The predicted octanol–water partition coefficient (Wildman–Crippen LogP) is 3.85. The van der Waals surface area contributed by atoms with E-state index in [0.29, 0.717) is 16.3 Å². The number of nitrogens with one attached hydrogen (secondary N) is 2. The fraction of sp³-hybridized carbons (Fsp3) is 0.111. The maximum atomic E-state index is 12.8. The molecule has 0 saturated carbocycles. The number of hydrogen-bond donors (Lipinski definition) is 3. The first-order chi connectivity index (χ1) is 12.7. The maximum absolute atomic E-state index is 12.8. The zero-order valence-corrected chi connectivity index (χ0v) is 14.5. The maximum Gasteiger partial charge on any atom is 0.416 e. The highest BCUT2D eigenvalue weighted by molar-refractivity contribution is 6.30. The lowest BCUT2D eigenvalue weighted by molar-refractivity contribution is -0.137. The molecule has 0 atom stereocenters. The Morgan fingerprint density at radius 3 is 2.41 bits per heavy atom. The van der Waals surface area contributed by atoms with Crippen LogP contribution in [0.15, 0.2) is 53.3 Å². The van der Waals surface area contributed by atoms with Gasteiger partial charge in [-0.3, -0.25) is 15.3 Å².